The Kier molecular flexibility index (Phi) is 3.78. The average molecular weight is 314 g/mol. The van der Waals surface area contributed by atoms with Crippen molar-refractivity contribution in [2.75, 3.05) is 0 Å². The van der Waals surface area contributed by atoms with Gasteiger partial charge in [-0.1, -0.05) is 31.4 Å². The minimum atomic E-state index is 0.404. The molecule has 1 saturated carbocycles. The van der Waals surface area contributed by atoms with E-state index in [0.29, 0.717) is 18.1 Å². The summed E-state index contributed by atoms with van der Waals surface area (Å²) in [5.41, 5.74) is 1.15. The summed E-state index contributed by atoms with van der Waals surface area (Å²) in [4.78, 5) is 11.7. The molecule has 80 valence electrons. The molecule has 1 aliphatic rings. The van der Waals surface area contributed by atoms with E-state index >= 15 is 0 Å². The third-order valence-corrected chi connectivity index (χ3v) is 3.77. The van der Waals surface area contributed by atoms with Gasteiger partial charge in [0.05, 0.1) is 0 Å². The molecule has 2 rings (SSSR count). The Balaban J connectivity index is 1.84. The van der Waals surface area contributed by atoms with Crippen molar-refractivity contribution in [1.29, 1.82) is 0 Å². The first-order valence-corrected chi connectivity index (χ1v) is 6.58. The first kappa shape index (κ1) is 11.1. The Bertz CT molecular complexity index is 338. The predicted octanol–water partition coefficient (Wildman–Crippen LogP) is 3.59. The third kappa shape index (κ3) is 3.30. The molecule has 1 aromatic carbocycles. The Morgan fingerprint density at radius 2 is 1.93 bits per heavy atom. The maximum Gasteiger partial charge on any atom is 0.137 e. The summed E-state index contributed by atoms with van der Waals surface area (Å²) in [6.45, 7) is 0. The summed E-state index contributed by atoms with van der Waals surface area (Å²) < 4.78 is 1.22. The number of ketones is 1. The maximum absolute atomic E-state index is 11.7. The largest absolute Gasteiger partial charge is 0.299 e. The Labute approximate surface area is 104 Å². The molecule has 1 aromatic rings. The molecule has 0 heterocycles. The van der Waals surface area contributed by atoms with E-state index in [1.54, 1.807) is 0 Å². The fourth-order valence-corrected chi connectivity index (χ4v) is 2.28. The topological polar surface area (TPSA) is 17.1 Å². The number of halogens is 1. The Morgan fingerprint density at radius 3 is 2.47 bits per heavy atom. The van der Waals surface area contributed by atoms with Crippen molar-refractivity contribution in [1.82, 2.24) is 0 Å². The molecule has 0 aromatic heterocycles. The van der Waals surface area contributed by atoms with E-state index in [9.17, 15) is 4.79 Å². The van der Waals surface area contributed by atoms with Gasteiger partial charge in [0, 0.05) is 16.4 Å². The van der Waals surface area contributed by atoms with Gasteiger partial charge in [-0.3, -0.25) is 4.79 Å². The van der Waals surface area contributed by atoms with E-state index in [1.807, 2.05) is 0 Å². The fourth-order valence-electron chi connectivity index (χ4n) is 1.92. The summed E-state index contributed by atoms with van der Waals surface area (Å²) in [5.74, 6) is 1.10. The molecular formula is C13H15IO. The third-order valence-electron chi connectivity index (χ3n) is 3.06. The van der Waals surface area contributed by atoms with Crippen molar-refractivity contribution in [3.8, 4) is 0 Å². The zero-order chi connectivity index (χ0) is 10.7. The van der Waals surface area contributed by atoms with Crippen LogP contribution >= 0.6 is 22.6 Å². The molecule has 0 bridgehead atoms. The number of Topliss-reactive ketones (excluding diaryl/α,β-unsaturated/α-hetero) is 1. The first-order chi connectivity index (χ1) is 7.24. The van der Waals surface area contributed by atoms with Crippen LogP contribution < -0.4 is 0 Å². The van der Waals surface area contributed by atoms with Gasteiger partial charge in [-0.25, -0.2) is 0 Å². The van der Waals surface area contributed by atoms with Crippen molar-refractivity contribution >= 4 is 28.4 Å². The molecule has 2 heteroatoms. The summed E-state index contributed by atoms with van der Waals surface area (Å²) in [7, 11) is 0. The van der Waals surface area contributed by atoms with E-state index < -0.39 is 0 Å². The van der Waals surface area contributed by atoms with Crippen LogP contribution in [0.1, 0.15) is 31.2 Å². The van der Waals surface area contributed by atoms with E-state index in [0.717, 1.165) is 12.0 Å². The fraction of sp³-hybridized carbons (Fsp3) is 0.462. The monoisotopic (exact) mass is 314 g/mol. The number of hydrogen-bond donors (Lipinski definition) is 0. The Morgan fingerprint density at radius 1 is 1.27 bits per heavy atom. The lowest BCUT2D eigenvalue weighted by atomic mass is 9.81. The minimum absolute atomic E-state index is 0.404. The van der Waals surface area contributed by atoms with Gasteiger partial charge in [-0.05, 0) is 46.2 Å². The number of carbonyl (C=O) groups is 1. The number of benzene rings is 1. The van der Waals surface area contributed by atoms with E-state index in [-0.39, 0.29) is 0 Å². The van der Waals surface area contributed by atoms with Crippen molar-refractivity contribution < 1.29 is 4.79 Å². The molecule has 0 spiro atoms. The molecule has 0 saturated heterocycles. The van der Waals surface area contributed by atoms with Crippen LogP contribution in [0.15, 0.2) is 24.3 Å². The molecule has 15 heavy (non-hydrogen) atoms. The quantitative estimate of drug-likeness (QED) is 0.776. The minimum Gasteiger partial charge on any atom is -0.299 e. The molecule has 0 N–H and O–H groups in total. The predicted molar refractivity (Wildman–Crippen MR) is 69.8 cm³/mol. The van der Waals surface area contributed by atoms with E-state index in [1.165, 1.54) is 22.8 Å². The molecule has 0 atom stereocenters. The smallest absolute Gasteiger partial charge is 0.137 e. The average Bonchev–Trinajstić information content (AvgIpc) is 2.16. The van der Waals surface area contributed by atoms with E-state index in [4.69, 9.17) is 0 Å². The molecular weight excluding hydrogens is 299 g/mol. The molecule has 0 unspecified atom stereocenters. The van der Waals surface area contributed by atoms with Gasteiger partial charge in [0.1, 0.15) is 5.78 Å². The van der Waals surface area contributed by atoms with Gasteiger partial charge in [0.25, 0.3) is 0 Å². The van der Waals surface area contributed by atoms with Gasteiger partial charge in [-0.2, -0.15) is 0 Å². The standard InChI is InChI=1S/C13H15IO/c14-12-6-4-11(5-7-12)9-13(15)8-10-2-1-3-10/h4-7,10H,1-3,8-9H2. The van der Waals surface area contributed by atoms with Crippen LogP contribution in [0, 0.1) is 9.49 Å². The second kappa shape index (κ2) is 5.10. The highest BCUT2D eigenvalue weighted by atomic mass is 127. The molecule has 1 aliphatic carbocycles. The van der Waals surface area contributed by atoms with Gasteiger partial charge >= 0.3 is 0 Å². The van der Waals surface area contributed by atoms with Crippen molar-refractivity contribution in [2.45, 2.75) is 32.1 Å². The number of hydrogen-bond acceptors (Lipinski definition) is 1. The molecule has 0 radical (unpaired) electrons. The second-order valence-electron chi connectivity index (χ2n) is 4.34. The lowest BCUT2D eigenvalue weighted by molar-refractivity contribution is -0.119. The highest BCUT2D eigenvalue weighted by molar-refractivity contribution is 14.1. The summed E-state index contributed by atoms with van der Waals surface area (Å²) in [6.07, 6.45) is 5.26. The van der Waals surface area contributed by atoms with Gasteiger partial charge in [0.2, 0.25) is 0 Å². The van der Waals surface area contributed by atoms with Crippen molar-refractivity contribution in [3.05, 3.63) is 33.4 Å². The van der Waals surface area contributed by atoms with Crippen LogP contribution in [-0.2, 0) is 11.2 Å². The summed E-state index contributed by atoms with van der Waals surface area (Å²) in [5, 5.41) is 0. The van der Waals surface area contributed by atoms with Crippen LogP contribution in [0.5, 0.6) is 0 Å². The SMILES string of the molecule is O=C(Cc1ccc(I)cc1)CC1CCC1. The highest BCUT2D eigenvalue weighted by Crippen LogP contribution is 2.29. The lowest BCUT2D eigenvalue weighted by Gasteiger charge is -2.24. The molecule has 1 nitrogen and oxygen atoms in total. The van der Waals surface area contributed by atoms with Gasteiger partial charge < -0.3 is 0 Å². The van der Waals surface area contributed by atoms with Crippen LogP contribution in [0.3, 0.4) is 0 Å². The highest BCUT2D eigenvalue weighted by Gasteiger charge is 2.20. The van der Waals surface area contributed by atoms with Crippen LogP contribution in [-0.4, -0.2) is 5.78 Å². The van der Waals surface area contributed by atoms with Crippen LogP contribution in [0.2, 0.25) is 0 Å². The van der Waals surface area contributed by atoms with Gasteiger partial charge in [-0.15, -0.1) is 0 Å². The maximum atomic E-state index is 11.7. The zero-order valence-corrected chi connectivity index (χ0v) is 10.9. The van der Waals surface area contributed by atoms with Gasteiger partial charge in [0.15, 0.2) is 0 Å². The first-order valence-electron chi connectivity index (χ1n) is 5.50. The summed E-state index contributed by atoms with van der Waals surface area (Å²) >= 11 is 2.28. The lowest BCUT2D eigenvalue weighted by Crippen LogP contribution is -2.17. The van der Waals surface area contributed by atoms with Crippen molar-refractivity contribution in [3.63, 3.8) is 0 Å². The second-order valence-corrected chi connectivity index (χ2v) is 5.59. The molecule has 0 aliphatic heterocycles. The van der Waals surface area contributed by atoms with E-state index in [2.05, 4.69) is 46.9 Å². The zero-order valence-electron chi connectivity index (χ0n) is 8.71. The molecule has 0 amide bonds. The number of rotatable bonds is 4. The number of carbonyl (C=O) groups excluding carboxylic acids is 1. The molecule has 1 fully saturated rings. The summed E-state index contributed by atoms with van der Waals surface area (Å²) in [6, 6.07) is 8.24. The van der Waals surface area contributed by atoms with Crippen LogP contribution in [0.4, 0.5) is 0 Å². The van der Waals surface area contributed by atoms with Crippen LogP contribution in [0.25, 0.3) is 0 Å². The Hall–Kier alpha value is -0.380. The van der Waals surface area contributed by atoms with Crippen molar-refractivity contribution in [2.24, 2.45) is 5.92 Å². The normalized spacial score (nSPS) is 16.1.